The Labute approximate surface area is 140 Å². The van der Waals surface area contributed by atoms with Crippen LogP contribution in [0.25, 0.3) is 0 Å². The Morgan fingerprint density at radius 1 is 1.42 bits per heavy atom. The first-order chi connectivity index (χ1) is 11.3. The average molecular weight is 371 g/mol. The Kier molecular flexibility index (Phi) is 3.90. The van der Waals surface area contributed by atoms with Gasteiger partial charge in [0.05, 0.1) is 5.69 Å². The maximum Gasteiger partial charge on any atom is 0.301 e. The average Bonchev–Trinajstić information content (AvgIpc) is 2.90. The molecule has 0 aliphatic carbocycles. The van der Waals surface area contributed by atoms with Gasteiger partial charge in [-0.2, -0.15) is 8.42 Å². The number of rotatable bonds is 3. The number of halogens is 2. The quantitative estimate of drug-likeness (QED) is 0.545. The van der Waals surface area contributed by atoms with Gasteiger partial charge >= 0.3 is 10.1 Å². The van der Waals surface area contributed by atoms with E-state index < -0.39 is 26.5 Å². The van der Waals surface area contributed by atoms with Gasteiger partial charge in [-0.1, -0.05) is 11.6 Å². The SMILES string of the molecule is O=C=C1NN2C(Nc3cc(Cl)ccc3F)=CC=NC2=C1S(=O)(=O)O. The summed E-state index contributed by atoms with van der Waals surface area (Å²) < 4.78 is 46.0. The minimum atomic E-state index is -4.73. The Hall–Kier alpha value is -2.65. The normalized spacial score (nSPS) is 16.5. The molecule has 0 spiro atoms. The van der Waals surface area contributed by atoms with Crippen LogP contribution in [-0.4, -0.2) is 30.1 Å². The van der Waals surface area contributed by atoms with Crippen molar-refractivity contribution in [3.8, 4) is 0 Å². The van der Waals surface area contributed by atoms with E-state index >= 15 is 0 Å². The molecule has 2 aliphatic rings. The summed E-state index contributed by atoms with van der Waals surface area (Å²) in [4.78, 5) is 14.0. The van der Waals surface area contributed by atoms with E-state index in [2.05, 4.69) is 15.7 Å². The van der Waals surface area contributed by atoms with E-state index in [0.717, 1.165) is 11.1 Å². The van der Waals surface area contributed by atoms with Gasteiger partial charge in [0.1, 0.15) is 11.6 Å². The van der Waals surface area contributed by atoms with E-state index in [9.17, 15) is 22.2 Å². The van der Waals surface area contributed by atoms with Crippen molar-refractivity contribution in [2.45, 2.75) is 0 Å². The third-order valence-electron chi connectivity index (χ3n) is 3.09. The molecule has 2 heterocycles. The smallest absolute Gasteiger partial charge is 0.301 e. The molecule has 3 N–H and O–H groups in total. The zero-order chi connectivity index (χ0) is 17.5. The molecule has 1 aromatic rings. The first kappa shape index (κ1) is 16.2. The number of aliphatic imine (C=N–C) groups is 1. The van der Waals surface area contributed by atoms with Crippen LogP contribution in [0.1, 0.15) is 0 Å². The summed E-state index contributed by atoms with van der Waals surface area (Å²) >= 11 is 5.82. The highest BCUT2D eigenvalue weighted by Crippen LogP contribution is 2.32. The topological polar surface area (TPSA) is 111 Å². The Morgan fingerprint density at radius 2 is 2.17 bits per heavy atom. The van der Waals surface area contributed by atoms with E-state index in [1.54, 1.807) is 0 Å². The fourth-order valence-electron chi connectivity index (χ4n) is 2.11. The molecule has 0 saturated carbocycles. The van der Waals surface area contributed by atoms with Crippen molar-refractivity contribution in [3.05, 3.63) is 57.4 Å². The molecule has 0 saturated heterocycles. The molecule has 1 aromatic carbocycles. The standard InChI is InChI=1S/C13H8ClFN4O4S/c14-7-1-2-8(15)9(5-7)17-11-3-4-16-13-12(24(21,22)23)10(6-20)18-19(11)13/h1-5,17-18H,(H,21,22,23). The maximum absolute atomic E-state index is 13.8. The van der Waals surface area contributed by atoms with Crippen LogP contribution < -0.4 is 10.7 Å². The second-order valence-electron chi connectivity index (χ2n) is 4.63. The summed E-state index contributed by atoms with van der Waals surface area (Å²) in [6.45, 7) is 0. The number of hydrogen-bond donors (Lipinski definition) is 3. The fourth-order valence-corrected chi connectivity index (χ4v) is 3.01. The molecule has 0 unspecified atom stereocenters. The first-order valence-electron chi connectivity index (χ1n) is 6.31. The zero-order valence-corrected chi connectivity index (χ0v) is 13.2. The van der Waals surface area contributed by atoms with Gasteiger partial charge < -0.3 is 5.32 Å². The molecule has 2 aliphatic heterocycles. The number of nitrogens with zero attached hydrogens (tertiary/aromatic N) is 2. The summed E-state index contributed by atoms with van der Waals surface area (Å²) in [7, 11) is -4.73. The van der Waals surface area contributed by atoms with Gasteiger partial charge in [-0.05, 0) is 24.3 Å². The predicted molar refractivity (Wildman–Crippen MR) is 84.4 cm³/mol. The van der Waals surface area contributed by atoms with Crippen LogP contribution in [-0.2, 0) is 14.9 Å². The van der Waals surface area contributed by atoms with Crippen LogP contribution in [0.5, 0.6) is 0 Å². The van der Waals surface area contributed by atoms with Crippen molar-refractivity contribution in [1.29, 1.82) is 0 Å². The number of anilines is 1. The summed E-state index contributed by atoms with van der Waals surface area (Å²) in [5, 5.41) is 4.04. The van der Waals surface area contributed by atoms with Crippen LogP contribution in [0.4, 0.5) is 10.1 Å². The number of carbonyl (C=O) groups excluding carboxylic acids is 1. The highest BCUT2D eigenvalue weighted by Gasteiger charge is 2.38. The lowest BCUT2D eigenvalue weighted by Crippen LogP contribution is -2.35. The van der Waals surface area contributed by atoms with Crippen LogP contribution in [0.15, 0.2) is 51.5 Å². The lowest BCUT2D eigenvalue weighted by atomic mass is 10.3. The maximum atomic E-state index is 13.8. The van der Waals surface area contributed by atoms with Gasteiger partial charge in [0, 0.05) is 11.2 Å². The van der Waals surface area contributed by atoms with Gasteiger partial charge in [-0.3, -0.25) is 9.98 Å². The van der Waals surface area contributed by atoms with Gasteiger partial charge in [0.25, 0.3) is 0 Å². The molecule has 124 valence electrons. The molecule has 0 atom stereocenters. The summed E-state index contributed by atoms with van der Waals surface area (Å²) in [5.74, 6) is 0.657. The molecule has 8 nitrogen and oxygen atoms in total. The number of benzene rings is 1. The van der Waals surface area contributed by atoms with E-state index in [-0.39, 0.29) is 22.4 Å². The lowest BCUT2D eigenvalue weighted by Gasteiger charge is -2.25. The zero-order valence-electron chi connectivity index (χ0n) is 11.6. The van der Waals surface area contributed by atoms with Crippen LogP contribution in [0, 0.1) is 5.82 Å². The van der Waals surface area contributed by atoms with Gasteiger partial charge in [-0.25, -0.2) is 19.2 Å². The van der Waals surface area contributed by atoms with E-state index in [1.807, 2.05) is 0 Å². The molecule has 0 radical (unpaired) electrons. The minimum absolute atomic E-state index is 0.0159. The number of allylic oxidation sites excluding steroid dienone is 1. The second-order valence-corrected chi connectivity index (χ2v) is 6.43. The Bertz CT molecular complexity index is 980. The molecule has 0 aromatic heterocycles. The lowest BCUT2D eigenvalue weighted by molar-refractivity contribution is 0.374. The van der Waals surface area contributed by atoms with Crippen molar-refractivity contribution in [1.82, 2.24) is 10.4 Å². The van der Waals surface area contributed by atoms with Crippen molar-refractivity contribution in [3.63, 3.8) is 0 Å². The summed E-state index contributed by atoms with van der Waals surface area (Å²) in [6, 6.07) is 3.83. The minimum Gasteiger partial charge on any atom is -0.338 e. The van der Waals surface area contributed by atoms with E-state index in [4.69, 9.17) is 11.6 Å². The van der Waals surface area contributed by atoms with Crippen LogP contribution >= 0.6 is 11.6 Å². The summed E-state index contributed by atoms with van der Waals surface area (Å²) in [6.07, 6.45) is 2.61. The van der Waals surface area contributed by atoms with E-state index in [0.29, 0.717) is 0 Å². The molecule has 11 heteroatoms. The van der Waals surface area contributed by atoms with E-state index in [1.165, 1.54) is 30.4 Å². The number of nitrogens with one attached hydrogen (secondary N) is 2. The predicted octanol–water partition coefficient (Wildman–Crippen LogP) is 1.41. The highest BCUT2D eigenvalue weighted by atomic mass is 35.5. The molecule has 0 bridgehead atoms. The number of hydrazine groups is 1. The molecular weight excluding hydrogens is 363 g/mol. The second kappa shape index (κ2) is 5.77. The first-order valence-corrected chi connectivity index (χ1v) is 8.13. The molecule has 3 rings (SSSR count). The number of hydrogen-bond acceptors (Lipinski definition) is 7. The molecular formula is C13H8ClFN4O4S. The van der Waals surface area contributed by atoms with Crippen molar-refractivity contribution in [2.24, 2.45) is 4.99 Å². The van der Waals surface area contributed by atoms with Gasteiger partial charge in [0.2, 0.25) is 0 Å². The van der Waals surface area contributed by atoms with Crippen molar-refractivity contribution in [2.75, 3.05) is 5.32 Å². The van der Waals surface area contributed by atoms with Crippen molar-refractivity contribution < 1.29 is 22.2 Å². The monoisotopic (exact) mass is 370 g/mol. The van der Waals surface area contributed by atoms with Crippen LogP contribution in [0.3, 0.4) is 0 Å². The third-order valence-corrected chi connectivity index (χ3v) is 4.22. The molecule has 24 heavy (non-hydrogen) atoms. The molecule has 0 amide bonds. The summed E-state index contributed by atoms with van der Waals surface area (Å²) in [5.41, 5.74) is 1.91. The van der Waals surface area contributed by atoms with Crippen LogP contribution in [0.2, 0.25) is 5.02 Å². The Morgan fingerprint density at radius 3 is 2.83 bits per heavy atom. The van der Waals surface area contributed by atoms with Crippen molar-refractivity contribution >= 4 is 39.6 Å². The number of fused-ring (bicyclic) bond motifs is 1. The Balaban J connectivity index is 2.04. The fraction of sp³-hybridized carbons (Fsp3) is 0. The van der Waals surface area contributed by atoms with Gasteiger partial charge in [0.15, 0.2) is 22.4 Å². The molecule has 0 fully saturated rings. The highest BCUT2D eigenvalue weighted by molar-refractivity contribution is 7.90. The third kappa shape index (κ3) is 2.79. The largest absolute Gasteiger partial charge is 0.338 e. The van der Waals surface area contributed by atoms with Gasteiger partial charge in [-0.15, -0.1) is 0 Å².